The lowest BCUT2D eigenvalue weighted by Crippen LogP contribution is -2.13. The van der Waals surface area contributed by atoms with E-state index in [1.165, 1.54) is 0 Å². The zero-order chi connectivity index (χ0) is 19.2. The van der Waals surface area contributed by atoms with Crippen LogP contribution in [0.2, 0.25) is 0 Å². The van der Waals surface area contributed by atoms with Crippen LogP contribution in [0.3, 0.4) is 0 Å². The fourth-order valence-corrected chi connectivity index (χ4v) is 3.01. The number of likely N-dealkylation sites (N-methyl/N-ethyl adjacent to an activating group) is 1. The minimum atomic E-state index is -0.148. The number of nitrogens with zero attached hydrogens (tertiary/aromatic N) is 2. The van der Waals surface area contributed by atoms with E-state index in [1.807, 2.05) is 73.6 Å². The summed E-state index contributed by atoms with van der Waals surface area (Å²) < 4.78 is 0. The van der Waals surface area contributed by atoms with E-state index in [0.717, 1.165) is 33.3 Å². The molecule has 3 rings (SSSR count). The van der Waals surface area contributed by atoms with Crippen molar-refractivity contribution in [2.24, 2.45) is 5.73 Å². The highest BCUT2D eigenvalue weighted by Crippen LogP contribution is 2.32. The normalized spacial score (nSPS) is 11.4. The van der Waals surface area contributed by atoms with Gasteiger partial charge in [-0.3, -0.25) is 9.78 Å². The van der Waals surface area contributed by atoms with Gasteiger partial charge in [-0.1, -0.05) is 42.5 Å². The molecular weight excluding hydrogens is 336 g/mol. The van der Waals surface area contributed by atoms with Gasteiger partial charge in [0, 0.05) is 47.4 Å². The molecule has 1 amide bonds. The van der Waals surface area contributed by atoms with Crippen molar-refractivity contribution in [3.63, 3.8) is 0 Å². The molecule has 0 aliphatic rings. The van der Waals surface area contributed by atoms with Gasteiger partial charge in [-0.25, -0.2) is 0 Å². The molecule has 0 atom stereocenters. The summed E-state index contributed by atoms with van der Waals surface area (Å²) in [5, 5.41) is 4.90. The average molecular weight is 360 g/mol. The topological polar surface area (TPSA) is 71.2 Å². The van der Waals surface area contributed by atoms with E-state index >= 15 is 0 Å². The lowest BCUT2D eigenvalue weighted by atomic mass is 9.99. The summed E-state index contributed by atoms with van der Waals surface area (Å²) in [5.74, 6) is -0.148. The van der Waals surface area contributed by atoms with E-state index in [-0.39, 0.29) is 5.91 Å². The first-order valence-electron chi connectivity index (χ1n) is 8.88. The summed E-state index contributed by atoms with van der Waals surface area (Å²) in [6, 6.07) is 15.8. The number of nitrogens with two attached hydrogens (primary N) is 1. The fraction of sp³-hybridized carbons (Fsp3) is 0.182. The maximum Gasteiger partial charge on any atom is 0.248 e. The predicted molar refractivity (Wildman–Crippen MR) is 111 cm³/mol. The number of amides is 1. The molecule has 0 saturated carbocycles. The minimum absolute atomic E-state index is 0.148. The molecule has 5 nitrogen and oxygen atoms in total. The SMILES string of the molecule is CN(C)C/C=C/C(=O)Nc1cccc2c(-c3ccccc3CN)nccc12. The van der Waals surface area contributed by atoms with Crippen LogP contribution in [0.1, 0.15) is 5.56 Å². The molecule has 1 aromatic heterocycles. The Bertz CT molecular complexity index is 979. The highest BCUT2D eigenvalue weighted by molar-refractivity contribution is 6.08. The highest BCUT2D eigenvalue weighted by Gasteiger charge is 2.11. The molecule has 138 valence electrons. The third kappa shape index (κ3) is 4.39. The monoisotopic (exact) mass is 360 g/mol. The van der Waals surface area contributed by atoms with Crippen molar-refractivity contribution >= 4 is 22.4 Å². The van der Waals surface area contributed by atoms with Crippen LogP contribution < -0.4 is 11.1 Å². The quantitative estimate of drug-likeness (QED) is 0.661. The summed E-state index contributed by atoms with van der Waals surface area (Å²) >= 11 is 0. The van der Waals surface area contributed by atoms with Gasteiger partial charge in [0.15, 0.2) is 0 Å². The van der Waals surface area contributed by atoms with Gasteiger partial charge < -0.3 is 16.0 Å². The number of carbonyl (C=O) groups is 1. The lowest BCUT2D eigenvalue weighted by Gasteiger charge is -2.12. The van der Waals surface area contributed by atoms with Crippen molar-refractivity contribution in [3.8, 4) is 11.3 Å². The van der Waals surface area contributed by atoms with Crippen LogP contribution in [-0.4, -0.2) is 36.4 Å². The number of hydrogen-bond donors (Lipinski definition) is 2. The Morgan fingerprint density at radius 1 is 1.11 bits per heavy atom. The van der Waals surface area contributed by atoms with Crippen molar-refractivity contribution in [2.75, 3.05) is 26.0 Å². The number of hydrogen-bond acceptors (Lipinski definition) is 4. The van der Waals surface area contributed by atoms with Crippen molar-refractivity contribution in [1.82, 2.24) is 9.88 Å². The standard InChI is InChI=1S/C22H24N4O/c1-26(2)14-6-11-21(27)25-20-10-5-9-19-18(20)12-13-24-22(19)17-8-4-3-7-16(17)15-23/h3-13H,14-15,23H2,1-2H3,(H,25,27)/b11-6+. The third-order valence-electron chi connectivity index (χ3n) is 4.30. The van der Waals surface area contributed by atoms with Crippen molar-refractivity contribution in [3.05, 3.63) is 72.4 Å². The van der Waals surface area contributed by atoms with Crippen molar-refractivity contribution in [1.29, 1.82) is 0 Å². The number of carbonyl (C=O) groups excluding carboxylic acids is 1. The summed E-state index contributed by atoms with van der Waals surface area (Å²) in [6.45, 7) is 1.16. The maximum absolute atomic E-state index is 12.2. The minimum Gasteiger partial charge on any atom is -0.326 e. The molecule has 2 aromatic carbocycles. The summed E-state index contributed by atoms with van der Waals surface area (Å²) in [5.41, 5.74) is 9.59. The molecule has 0 aliphatic carbocycles. The number of pyridine rings is 1. The maximum atomic E-state index is 12.2. The molecule has 0 saturated heterocycles. The van der Waals surface area contributed by atoms with E-state index in [1.54, 1.807) is 12.3 Å². The summed E-state index contributed by atoms with van der Waals surface area (Å²) in [6.07, 6.45) is 5.16. The molecule has 3 aromatic rings. The van der Waals surface area contributed by atoms with Crippen LogP contribution in [0, 0.1) is 0 Å². The second-order valence-corrected chi connectivity index (χ2v) is 6.58. The third-order valence-corrected chi connectivity index (χ3v) is 4.30. The molecule has 0 unspecified atom stereocenters. The van der Waals surface area contributed by atoms with E-state index in [4.69, 9.17) is 5.73 Å². The van der Waals surface area contributed by atoms with Gasteiger partial charge in [0.25, 0.3) is 0 Å². The van der Waals surface area contributed by atoms with Crippen molar-refractivity contribution in [2.45, 2.75) is 6.54 Å². The van der Waals surface area contributed by atoms with Gasteiger partial charge in [-0.05, 0) is 31.8 Å². The largest absolute Gasteiger partial charge is 0.326 e. The molecule has 3 N–H and O–H groups in total. The van der Waals surface area contributed by atoms with E-state index in [9.17, 15) is 4.79 Å². The van der Waals surface area contributed by atoms with Gasteiger partial charge in [0.05, 0.1) is 5.69 Å². The van der Waals surface area contributed by atoms with Crippen LogP contribution in [0.4, 0.5) is 5.69 Å². The smallest absolute Gasteiger partial charge is 0.248 e. The molecule has 0 spiro atoms. The molecule has 5 heteroatoms. The van der Waals surface area contributed by atoms with Crippen LogP contribution in [0.15, 0.2) is 66.9 Å². The number of fused-ring (bicyclic) bond motifs is 1. The first-order valence-corrected chi connectivity index (χ1v) is 8.88. The highest BCUT2D eigenvalue weighted by atomic mass is 16.1. The zero-order valence-corrected chi connectivity index (χ0v) is 15.6. The molecule has 1 heterocycles. The number of rotatable bonds is 6. The zero-order valence-electron chi connectivity index (χ0n) is 15.6. The van der Waals surface area contributed by atoms with E-state index in [0.29, 0.717) is 13.1 Å². The number of benzene rings is 2. The molecule has 0 bridgehead atoms. The van der Waals surface area contributed by atoms with E-state index in [2.05, 4.69) is 10.3 Å². The number of nitrogens with one attached hydrogen (secondary N) is 1. The fourth-order valence-electron chi connectivity index (χ4n) is 3.01. The Morgan fingerprint density at radius 3 is 2.70 bits per heavy atom. The van der Waals surface area contributed by atoms with Crippen LogP contribution in [0.25, 0.3) is 22.0 Å². The Hall–Kier alpha value is -3.02. The van der Waals surface area contributed by atoms with Gasteiger partial charge >= 0.3 is 0 Å². The molecule has 0 fully saturated rings. The number of aromatic nitrogens is 1. The average Bonchev–Trinajstić information content (AvgIpc) is 2.67. The Balaban J connectivity index is 1.98. The molecule has 0 aliphatic heterocycles. The van der Waals surface area contributed by atoms with Crippen LogP contribution >= 0.6 is 0 Å². The predicted octanol–water partition coefficient (Wildman–Crippen LogP) is 3.42. The van der Waals surface area contributed by atoms with Crippen LogP contribution in [-0.2, 0) is 11.3 Å². The first-order chi connectivity index (χ1) is 13.1. The van der Waals surface area contributed by atoms with Gasteiger partial charge in [0.2, 0.25) is 5.91 Å². The summed E-state index contributed by atoms with van der Waals surface area (Å²) in [7, 11) is 3.92. The van der Waals surface area contributed by atoms with Gasteiger partial charge in [-0.2, -0.15) is 0 Å². The Morgan fingerprint density at radius 2 is 1.93 bits per heavy atom. The van der Waals surface area contributed by atoms with Gasteiger partial charge in [-0.15, -0.1) is 0 Å². The molecular formula is C22H24N4O. The second-order valence-electron chi connectivity index (χ2n) is 6.58. The van der Waals surface area contributed by atoms with Crippen molar-refractivity contribution < 1.29 is 4.79 Å². The Kier molecular flexibility index (Phi) is 5.96. The Labute approximate surface area is 159 Å². The first kappa shape index (κ1) is 18.8. The molecule has 27 heavy (non-hydrogen) atoms. The number of anilines is 1. The second kappa shape index (κ2) is 8.58. The van der Waals surface area contributed by atoms with Gasteiger partial charge in [0.1, 0.15) is 0 Å². The van der Waals surface area contributed by atoms with E-state index < -0.39 is 0 Å². The molecule has 0 radical (unpaired) electrons. The van der Waals surface area contributed by atoms with Crippen LogP contribution in [0.5, 0.6) is 0 Å². The lowest BCUT2D eigenvalue weighted by molar-refractivity contribution is -0.111. The summed E-state index contributed by atoms with van der Waals surface area (Å²) in [4.78, 5) is 18.8.